The Morgan fingerprint density at radius 3 is 2.69 bits per heavy atom. The molecule has 0 N–H and O–H groups in total. The van der Waals surface area contributed by atoms with Gasteiger partial charge in [0.2, 0.25) is 0 Å². The van der Waals surface area contributed by atoms with Crippen molar-refractivity contribution in [2.75, 3.05) is 0 Å². The molecule has 0 bridgehead atoms. The Hall–Kier alpha value is -1.64. The SMILES string of the molecule is Cc1ccn(-c2cccnc2C)n1. The maximum atomic E-state index is 4.32. The van der Waals surface area contributed by atoms with Crippen molar-refractivity contribution >= 4 is 0 Å². The minimum Gasteiger partial charge on any atom is -0.259 e. The summed E-state index contributed by atoms with van der Waals surface area (Å²) >= 11 is 0. The topological polar surface area (TPSA) is 30.7 Å². The summed E-state index contributed by atoms with van der Waals surface area (Å²) in [6.07, 6.45) is 3.73. The molecule has 2 aromatic rings. The van der Waals surface area contributed by atoms with E-state index in [9.17, 15) is 0 Å². The molecule has 13 heavy (non-hydrogen) atoms. The average Bonchev–Trinajstić information content (AvgIpc) is 2.53. The van der Waals surface area contributed by atoms with Gasteiger partial charge in [-0.1, -0.05) is 0 Å². The van der Waals surface area contributed by atoms with Crippen molar-refractivity contribution < 1.29 is 0 Å². The van der Waals surface area contributed by atoms with E-state index in [1.807, 2.05) is 42.9 Å². The summed E-state index contributed by atoms with van der Waals surface area (Å²) in [4.78, 5) is 4.20. The van der Waals surface area contributed by atoms with Crippen LogP contribution in [0.1, 0.15) is 11.4 Å². The Kier molecular flexibility index (Phi) is 1.85. The number of nitrogens with zero attached hydrogens (tertiary/aromatic N) is 3. The zero-order valence-corrected chi connectivity index (χ0v) is 7.73. The number of hydrogen-bond donors (Lipinski definition) is 0. The first-order valence-electron chi connectivity index (χ1n) is 4.21. The minimum absolute atomic E-state index is 0.991. The number of aryl methyl sites for hydroxylation is 2. The Labute approximate surface area is 77.0 Å². The molecule has 0 radical (unpaired) electrons. The second-order valence-corrected chi connectivity index (χ2v) is 3.01. The molecule has 0 aliphatic carbocycles. The molecule has 0 saturated heterocycles. The van der Waals surface area contributed by atoms with Crippen LogP contribution in [0.4, 0.5) is 0 Å². The number of hydrogen-bond acceptors (Lipinski definition) is 2. The molecule has 0 atom stereocenters. The highest BCUT2D eigenvalue weighted by atomic mass is 15.3. The molecule has 66 valence electrons. The van der Waals surface area contributed by atoms with Crippen LogP contribution >= 0.6 is 0 Å². The highest BCUT2D eigenvalue weighted by Crippen LogP contribution is 2.09. The van der Waals surface area contributed by atoms with Gasteiger partial charge < -0.3 is 0 Å². The summed E-state index contributed by atoms with van der Waals surface area (Å²) in [5.41, 5.74) is 3.05. The molecule has 0 unspecified atom stereocenters. The monoisotopic (exact) mass is 173 g/mol. The van der Waals surface area contributed by atoms with E-state index in [4.69, 9.17) is 0 Å². The second-order valence-electron chi connectivity index (χ2n) is 3.01. The zero-order chi connectivity index (χ0) is 9.26. The van der Waals surface area contributed by atoms with Gasteiger partial charge in [-0.05, 0) is 32.0 Å². The summed E-state index contributed by atoms with van der Waals surface area (Å²) in [6, 6.07) is 5.90. The van der Waals surface area contributed by atoms with Crippen molar-refractivity contribution in [1.82, 2.24) is 14.8 Å². The Morgan fingerprint density at radius 1 is 1.23 bits per heavy atom. The fourth-order valence-electron chi connectivity index (χ4n) is 1.27. The van der Waals surface area contributed by atoms with Crippen molar-refractivity contribution in [3.8, 4) is 5.69 Å². The van der Waals surface area contributed by atoms with Crippen molar-refractivity contribution in [3.05, 3.63) is 42.0 Å². The van der Waals surface area contributed by atoms with Crippen molar-refractivity contribution in [2.24, 2.45) is 0 Å². The van der Waals surface area contributed by atoms with E-state index in [1.54, 1.807) is 6.20 Å². The van der Waals surface area contributed by atoms with E-state index >= 15 is 0 Å². The summed E-state index contributed by atoms with van der Waals surface area (Å²) < 4.78 is 1.84. The quantitative estimate of drug-likeness (QED) is 0.659. The smallest absolute Gasteiger partial charge is 0.0858 e. The maximum Gasteiger partial charge on any atom is 0.0858 e. The molecular formula is C10H11N3. The van der Waals surface area contributed by atoms with Crippen LogP contribution in [0.25, 0.3) is 5.69 Å². The Morgan fingerprint density at radius 2 is 2.08 bits per heavy atom. The van der Waals surface area contributed by atoms with E-state index in [1.165, 1.54) is 0 Å². The van der Waals surface area contributed by atoms with Gasteiger partial charge in [0.25, 0.3) is 0 Å². The van der Waals surface area contributed by atoms with Gasteiger partial charge in [-0.3, -0.25) is 4.98 Å². The molecule has 0 aromatic carbocycles. The van der Waals surface area contributed by atoms with E-state index < -0.39 is 0 Å². The Bertz CT molecular complexity index is 418. The van der Waals surface area contributed by atoms with Gasteiger partial charge in [-0.15, -0.1) is 0 Å². The Balaban J connectivity index is 2.52. The molecule has 3 heteroatoms. The highest BCUT2D eigenvalue weighted by molar-refractivity contribution is 5.34. The minimum atomic E-state index is 0.991. The number of pyridine rings is 1. The van der Waals surface area contributed by atoms with Gasteiger partial charge in [-0.25, -0.2) is 4.68 Å². The summed E-state index contributed by atoms with van der Waals surface area (Å²) in [5.74, 6) is 0. The van der Waals surface area contributed by atoms with E-state index in [0.29, 0.717) is 0 Å². The van der Waals surface area contributed by atoms with Crippen molar-refractivity contribution in [1.29, 1.82) is 0 Å². The predicted octanol–water partition coefficient (Wildman–Crippen LogP) is 1.88. The first kappa shape index (κ1) is 7.98. The lowest BCUT2D eigenvalue weighted by Gasteiger charge is -2.03. The summed E-state index contributed by atoms with van der Waals surface area (Å²) in [7, 11) is 0. The van der Waals surface area contributed by atoms with Crippen LogP contribution < -0.4 is 0 Å². The fourth-order valence-corrected chi connectivity index (χ4v) is 1.27. The van der Waals surface area contributed by atoms with E-state index in [2.05, 4.69) is 10.1 Å². The van der Waals surface area contributed by atoms with Gasteiger partial charge >= 0.3 is 0 Å². The van der Waals surface area contributed by atoms with E-state index in [0.717, 1.165) is 17.1 Å². The predicted molar refractivity (Wildman–Crippen MR) is 50.8 cm³/mol. The van der Waals surface area contributed by atoms with Gasteiger partial charge in [0.1, 0.15) is 0 Å². The number of rotatable bonds is 1. The molecule has 2 rings (SSSR count). The standard InChI is InChI=1S/C10H11N3/c1-8-5-7-13(12-8)10-4-3-6-11-9(10)2/h3-7H,1-2H3. The molecule has 0 spiro atoms. The molecular weight excluding hydrogens is 162 g/mol. The van der Waals surface area contributed by atoms with Crippen molar-refractivity contribution in [2.45, 2.75) is 13.8 Å². The molecule has 3 nitrogen and oxygen atoms in total. The van der Waals surface area contributed by atoms with Crippen LogP contribution in [-0.4, -0.2) is 14.8 Å². The molecule has 2 heterocycles. The molecule has 0 saturated carbocycles. The van der Waals surface area contributed by atoms with Crippen LogP contribution in [0, 0.1) is 13.8 Å². The maximum absolute atomic E-state index is 4.32. The molecule has 0 amide bonds. The highest BCUT2D eigenvalue weighted by Gasteiger charge is 2.00. The third-order valence-corrected chi connectivity index (χ3v) is 1.95. The molecule has 0 aliphatic rings. The third-order valence-electron chi connectivity index (χ3n) is 1.95. The van der Waals surface area contributed by atoms with Crippen LogP contribution in [0.3, 0.4) is 0 Å². The van der Waals surface area contributed by atoms with Gasteiger partial charge in [-0.2, -0.15) is 5.10 Å². The van der Waals surface area contributed by atoms with Gasteiger partial charge in [0, 0.05) is 12.4 Å². The van der Waals surface area contributed by atoms with Crippen LogP contribution in [-0.2, 0) is 0 Å². The lowest BCUT2D eigenvalue weighted by atomic mass is 10.3. The summed E-state index contributed by atoms with van der Waals surface area (Å²) in [6.45, 7) is 3.95. The van der Waals surface area contributed by atoms with Crippen LogP contribution in [0.5, 0.6) is 0 Å². The molecule has 0 aliphatic heterocycles. The second kappa shape index (κ2) is 3.01. The van der Waals surface area contributed by atoms with Crippen LogP contribution in [0.15, 0.2) is 30.6 Å². The fraction of sp³-hybridized carbons (Fsp3) is 0.200. The van der Waals surface area contributed by atoms with Gasteiger partial charge in [0.15, 0.2) is 0 Å². The average molecular weight is 173 g/mol. The summed E-state index contributed by atoms with van der Waals surface area (Å²) in [5, 5.41) is 4.32. The largest absolute Gasteiger partial charge is 0.259 e. The first-order valence-corrected chi connectivity index (χ1v) is 4.21. The first-order chi connectivity index (χ1) is 6.27. The lowest BCUT2D eigenvalue weighted by Crippen LogP contribution is -1.98. The third kappa shape index (κ3) is 1.45. The number of aromatic nitrogens is 3. The lowest BCUT2D eigenvalue weighted by molar-refractivity contribution is 0.846. The van der Waals surface area contributed by atoms with E-state index in [-0.39, 0.29) is 0 Å². The normalized spacial score (nSPS) is 10.3. The molecule has 2 aromatic heterocycles. The zero-order valence-electron chi connectivity index (χ0n) is 7.73. The van der Waals surface area contributed by atoms with Gasteiger partial charge in [0.05, 0.1) is 17.1 Å². The molecule has 0 fully saturated rings. The van der Waals surface area contributed by atoms with Crippen molar-refractivity contribution in [3.63, 3.8) is 0 Å². The van der Waals surface area contributed by atoms with Crippen LogP contribution in [0.2, 0.25) is 0 Å².